The number of ether oxygens (including phenoxy) is 1. The van der Waals surface area contributed by atoms with Gasteiger partial charge in [0.1, 0.15) is 0 Å². The van der Waals surface area contributed by atoms with Gasteiger partial charge in [-0.05, 0) is 44.7 Å². The van der Waals surface area contributed by atoms with E-state index in [1.807, 2.05) is 0 Å². The molecule has 2 N–H and O–H groups in total. The lowest BCUT2D eigenvalue weighted by molar-refractivity contribution is -0.128. The maximum Gasteiger partial charge on any atom is 0.225 e. The van der Waals surface area contributed by atoms with Gasteiger partial charge < -0.3 is 15.4 Å². The minimum Gasteiger partial charge on any atom is -0.381 e. The number of hydrogen-bond acceptors (Lipinski definition) is 3. The molecule has 0 spiro atoms. The fraction of sp³-hybridized carbons (Fsp3) is 0.917. The molecule has 0 unspecified atom stereocenters. The van der Waals surface area contributed by atoms with Crippen molar-refractivity contribution in [2.45, 2.75) is 25.7 Å². The van der Waals surface area contributed by atoms with E-state index in [0.29, 0.717) is 6.61 Å². The average Bonchev–Trinajstić information content (AvgIpc) is 2.83. The van der Waals surface area contributed by atoms with E-state index in [1.165, 1.54) is 6.42 Å². The highest BCUT2D eigenvalue weighted by Gasteiger charge is 2.21. The Balaban J connectivity index is 1.59. The van der Waals surface area contributed by atoms with E-state index in [1.54, 1.807) is 0 Å². The van der Waals surface area contributed by atoms with Crippen LogP contribution in [0.2, 0.25) is 0 Å². The Kier molecular flexibility index (Phi) is 4.60. The summed E-state index contributed by atoms with van der Waals surface area (Å²) in [5, 5.41) is 6.37. The smallest absolute Gasteiger partial charge is 0.225 e. The van der Waals surface area contributed by atoms with Crippen LogP contribution in [0.4, 0.5) is 0 Å². The van der Waals surface area contributed by atoms with E-state index in [9.17, 15) is 4.79 Å². The number of carbonyl (C=O) groups excluding carboxylic acids is 1. The summed E-state index contributed by atoms with van der Waals surface area (Å²) in [5.74, 6) is 1.03. The van der Waals surface area contributed by atoms with E-state index in [4.69, 9.17) is 4.74 Å². The van der Waals surface area contributed by atoms with Crippen molar-refractivity contribution in [2.75, 3.05) is 32.8 Å². The molecule has 0 aromatic heterocycles. The van der Waals surface area contributed by atoms with Crippen molar-refractivity contribution in [2.24, 2.45) is 11.8 Å². The molecule has 0 radical (unpaired) electrons. The van der Waals surface area contributed by atoms with Gasteiger partial charge in [-0.2, -0.15) is 0 Å². The summed E-state index contributed by atoms with van der Waals surface area (Å²) >= 11 is 0. The normalized spacial score (nSPS) is 30.2. The second-order valence-electron chi connectivity index (χ2n) is 4.85. The van der Waals surface area contributed by atoms with Crippen molar-refractivity contribution < 1.29 is 9.53 Å². The van der Waals surface area contributed by atoms with Crippen LogP contribution in [0.15, 0.2) is 0 Å². The average molecular weight is 226 g/mol. The Bertz CT molecular complexity index is 221. The molecule has 4 heteroatoms. The molecule has 2 aliphatic rings. The van der Waals surface area contributed by atoms with Crippen molar-refractivity contribution in [3.8, 4) is 0 Å². The minimum atomic E-state index is 0.0930. The highest BCUT2D eigenvalue weighted by Crippen LogP contribution is 2.14. The molecule has 2 atom stereocenters. The van der Waals surface area contributed by atoms with Crippen LogP contribution in [0.5, 0.6) is 0 Å². The molecule has 0 aromatic carbocycles. The van der Waals surface area contributed by atoms with Gasteiger partial charge >= 0.3 is 0 Å². The Morgan fingerprint density at radius 2 is 2.38 bits per heavy atom. The summed E-state index contributed by atoms with van der Waals surface area (Å²) in [5.41, 5.74) is 0. The number of hydrogen-bond donors (Lipinski definition) is 2. The van der Waals surface area contributed by atoms with Crippen molar-refractivity contribution in [3.05, 3.63) is 0 Å². The summed E-state index contributed by atoms with van der Waals surface area (Å²) < 4.78 is 5.31. The van der Waals surface area contributed by atoms with Crippen molar-refractivity contribution in [3.63, 3.8) is 0 Å². The van der Waals surface area contributed by atoms with E-state index < -0.39 is 0 Å². The van der Waals surface area contributed by atoms with Crippen LogP contribution in [0.25, 0.3) is 0 Å². The molecule has 1 amide bonds. The molecule has 92 valence electrons. The zero-order valence-corrected chi connectivity index (χ0v) is 9.84. The second-order valence-corrected chi connectivity index (χ2v) is 4.85. The third-order valence-electron chi connectivity index (χ3n) is 3.55. The van der Waals surface area contributed by atoms with Gasteiger partial charge in [0.05, 0.1) is 12.5 Å². The van der Waals surface area contributed by atoms with Gasteiger partial charge in [0, 0.05) is 13.2 Å². The highest BCUT2D eigenvalue weighted by atomic mass is 16.5. The number of carbonyl (C=O) groups is 1. The van der Waals surface area contributed by atoms with Gasteiger partial charge in [0.2, 0.25) is 5.91 Å². The molecule has 0 bridgehead atoms. The molecule has 2 saturated heterocycles. The van der Waals surface area contributed by atoms with Crippen LogP contribution in [0.1, 0.15) is 25.7 Å². The molecule has 2 fully saturated rings. The first-order valence-corrected chi connectivity index (χ1v) is 6.42. The third-order valence-corrected chi connectivity index (χ3v) is 3.55. The van der Waals surface area contributed by atoms with Crippen molar-refractivity contribution >= 4 is 5.91 Å². The van der Waals surface area contributed by atoms with E-state index in [0.717, 1.165) is 51.4 Å². The van der Waals surface area contributed by atoms with Crippen molar-refractivity contribution in [1.82, 2.24) is 10.6 Å². The lowest BCUT2D eigenvalue weighted by Gasteiger charge is -2.21. The predicted molar refractivity (Wildman–Crippen MR) is 62.1 cm³/mol. The van der Waals surface area contributed by atoms with Crippen LogP contribution in [-0.2, 0) is 9.53 Å². The summed E-state index contributed by atoms with van der Waals surface area (Å²) in [6.45, 7) is 4.49. The van der Waals surface area contributed by atoms with Gasteiger partial charge in [0.25, 0.3) is 0 Å². The quantitative estimate of drug-likeness (QED) is 0.735. The largest absolute Gasteiger partial charge is 0.381 e. The fourth-order valence-electron chi connectivity index (χ4n) is 2.45. The Hall–Kier alpha value is -0.610. The standard InChI is InChI=1S/C12H22N2O2/c15-12(11-2-1-7-16-9-11)14-6-4-10-3-5-13-8-10/h10-11,13H,1-9H2,(H,14,15)/t10-,11-/m0/s1. The van der Waals surface area contributed by atoms with Crippen molar-refractivity contribution in [1.29, 1.82) is 0 Å². The maximum atomic E-state index is 11.8. The van der Waals surface area contributed by atoms with Gasteiger partial charge in [-0.25, -0.2) is 0 Å². The lowest BCUT2D eigenvalue weighted by Crippen LogP contribution is -2.36. The Morgan fingerprint density at radius 3 is 3.06 bits per heavy atom. The Morgan fingerprint density at radius 1 is 1.44 bits per heavy atom. The van der Waals surface area contributed by atoms with Gasteiger partial charge in [-0.15, -0.1) is 0 Å². The molecule has 2 heterocycles. The highest BCUT2D eigenvalue weighted by molar-refractivity contribution is 5.78. The SMILES string of the molecule is O=C(NCC[C@@H]1CCNC1)[C@H]1CCCOC1. The minimum absolute atomic E-state index is 0.0930. The molecule has 16 heavy (non-hydrogen) atoms. The van der Waals surface area contributed by atoms with Crippen LogP contribution in [-0.4, -0.2) is 38.8 Å². The first kappa shape index (κ1) is 11.9. The molecule has 2 rings (SSSR count). The molecular weight excluding hydrogens is 204 g/mol. The third kappa shape index (κ3) is 3.46. The molecule has 0 aliphatic carbocycles. The molecular formula is C12H22N2O2. The Labute approximate surface area is 97.1 Å². The van der Waals surface area contributed by atoms with Gasteiger partial charge in [0.15, 0.2) is 0 Å². The van der Waals surface area contributed by atoms with E-state index >= 15 is 0 Å². The summed E-state index contributed by atoms with van der Waals surface area (Å²) in [7, 11) is 0. The molecule has 4 nitrogen and oxygen atoms in total. The van der Waals surface area contributed by atoms with E-state index in [2.05, 4.69) is 10.6 Å². The zero-order chi connectivity index (χ0) is 11.2. The topological polar surface area (TPSA) is 50.4 Å². The first-order chi connectivity index (χ1) is 7.86. The predicted octanol–water partition coefficient (Wildman–Crippen LogP) is 0.529. The van der Waals surface area contributed by atoms with Crippen LogP contribution in [0.3, 0.4) is 0 Å². The monoisotopic (exact) mass is 226 g/mol. The van der Waals surface area contributed by atoms with Gasteiger partial charge in [-0.3, -0.25) is 4.79 Å². The molecule has 2 aliphatic heterocycles. The molecule has 0 saturated carbocycles. The summed E-state index contributed by atoms with van der Waals surface area (Å²) in [6, 6.07) is 0. The summed E-state index contributed by atoms with van der Waals surface area (Å²) in [4.78, 5) is 11.8. The maximum absolute atomic E-state index is 11.8. The second kappa shape index (κ2) is 6.21. The van der Waals surface area contributed by atoms with E-state index in [-0.39, 0.29) is 11.8 Å². The summed E-state index contributed by atoms with van der Waals surface area (Å²) in [6.07, 6.45) is 4.36. The zero-order valence-electron chi connectivity index (χ0n) is 9.84. The number of rotatable bonds is 4. The van der Waals surface area contributed by atoms with Crippen LogP contribution in [0, 0.1) is 11.8 Å². The molecule has 0 aromatic rings. The fourth-order valence-corrected chi connectivity index (χ4v) is 2.45. The van der Waals surface area contributed by atoms with Crippen LogP contribution >= 0.6 is 0 Å². The lowest BCUT2D eigenvalue weighted by atomic mass is 10.0. The first-order valence-electron chi connectivity index (χ1n) is 6.42. The van der Waals surface area contributed by atoms with Gasteiger partial charge in [-0.1, -0.05) is 0 Å². The van der Waals surface area contributed by atoms with Crippen LogP contribution < -0.4 is 10.6 Å². The number of amides is 1. The number of nitrogens with one attached hydrogen (secondary N) is 2.